The Hall–Kier alpha value is -2.45. The molecule has 1 heterocycles. The lowest BCUT2D eigenvalue weighted by Crippen LogP contribution is -2.25. The molecule has 0 atom stereocenters. The molecular weight excluding hydrogens is 364 g/mol. The number of carbonyl (C=O) groups is 1. The van der Waals surface area contributed by atoms with Crippen LogP contribution in [0.1, 0.15) is 36.2 Å². The number of primary sulfonamides is 1. The summed E-state index contributed by atoms with van der Waals surface area (Å²) in [4.78, 5) is 16.4. The second kappa shape index (κ2) is 9.48. The van der Waals surface area contributed by atoms with Crippen molar-refractivity contribution in [1.29, 1.82) is 0 Å². The number of hydrogen-bond acceptors (Lipinski definition) is 5. The smallest absolute Gasteiger partial charge is 0.252 e. The van der Waals surface area contributed by atoms with E-state index in [-0.39, 0.29) is 10.8 Å². The van der Waals surface area contributed by atoms with Crippen molar-refractivity contribution in [2.75, 3.05) is 18.4 Å². The third-order valence-corrected chi connectivity index (χ3v) is 4.93. The summed E-state index contributed by atoms with van der Waals surface area (Å²) in [6.45, 7) is 5.49. The van der Waals surface area contributed by atoms with Crippen molar-refractivity contribution in [1.82, 2.24) is 10.3 Å². The molecule has 4 N–H and O–H groups in total. The van der Waals surface area contributed by atoms with Gasteiger partial charge in [0.25, 0.3) is 5.91 Å². The highest BCUT2D eigenvalue weighted by atomic mass is 32.2. The third kappa shape index (κ3) is 6.99. The molecule has 0 aliphatic carbocycles. The number of benzene rings is 1. The first kappa shape index (κ1) is 20.9. The van der Waals surface area contributed by atoms with Crippen LogP contribution in [0.4, 0.5) is 5.69 Å². The number of pyridine rings is 1. The molecule has 8 heteroatoms. The van der Waals surface area contributed by atoms with Crippen LogP contribution in [-0.2, 0) is 16.4 Å². The van der Waals surface area contributed by atoms with Gasteiger partial charge in [0.1, 0.15) is 0 Å². The Morgan fingerprint density at radius 3 is 2.48 bits per heavy atom. The van der Waals surface area contributed by atoms with Crippen LogP contribution in [-0.4, -0.2) is 32.4 Å². The van der Waals surface area contributed by atoms with Crippen LogP contribution in [0.15, 0.2) is 47.6 Å². The highest BCUT2D eigenvalue weighted by Gasteiger charge is 2.08. The Balaban J connectivity index is 1.86. The van der Waals surface area contributed by atoms with E-state index in [9.17, 15) is 13.2 Å². The minimum Gasteiger partial charge on any atom is -0.383 e. The number of aromatic nitrogens is 1. The van der Waals surface area contributed by atoms with E-state index in [1.54, 1.807) is 30.6 Å². The number of nitrogens with two attached hydrogens (primary N) is 1. The Kier molecular flexibility index (Phi) is 7.32. The molecule has 0 aliphatic rings. The molecular formula is C19H26N4O3S. The summed E-state index contributed by atoms with van der Waals surface area (Å²) in [5.41, 5.74) is 2.25. The molecule has 0 fully saturated rings. The van der Waals surface area contributed by atoms with E-state index < -0.39 is 10.0 Å². The maximum absolute atomic E-state index is 12.1. The van der Waals surface area contributed by atoms with Gasteiger partial charge in [0.05, 0.1) is 16.1 Å². The van der Waals surface area contributed by atoms with Crippen LogP contribution in [0.3, 0.4) is 0 Å². The van der Waals surface area contributed by atoms with Crippen LogP contribution < -0.4 is 15.8 Å². The molecule has 0 saturated heterocycles. The van der Waals surface area contributed by atoms with Gasteiger partial charge in [-0.15, -0.1) is 0 Å². The lowest BCUT2D eigenvalue weighted by Gasteiger charge is -2.10. The first-order chi connectivity index (χ1) is 12.8. The van der Waals surface area contributed by atoms with Crippen molar-refractivity contribution in [3.63, 3.8) is 0 Å². The first-order valence-electron chi connectivity index (χ1n) is 8.84. The van der Waals surface area contributed by atoms with E-state index in [1.807, 2.05) is 0 Å². The maximum atomic E-state index is 12.1. The fourth-order valence-electron chi connectivity index (χ4n) is 2.43. The summed E-state index contributed by atoms with van der Waals surface area (Å²) in [5, 5.41) is 11.2. The maximum Gasteiger partial charge on any atom is 0.252 e. The zero-order valence-electron chi connectivity index (χ0n) is 15.6. The van der Waals surface area contributed by atoms with E-state index in [4.69, 9.17) is 5.14 Å². The van der Waals surface area contributed by atoms with Crippen molar-refractivity contribution >= 4 is 21.6 Å². The Bertz CT molecular complexity index is 865. The number of carbonyl (C=O) groups excluding carboxylic acids is 1. The molecule has 0 bridgehead atoms. The molecule has 1 aromatic heterocycles. The third-order valence-electron chi connectivity index (χ3n) is 4.00. The molecule has 0 aliphatic heterocycles. The Labute approximate surface area is 160 Å². The second-order valence-corrected chi connectivity index (χ2v) is 8.33. The highest BCUT2D eigenvalue weighted by Crippen LogP contribution is 2.11. The minimum absolute atomic E-state index is 0.0968. The summed E-state index contributed by atoms with van der Waals surface area (Å²) in [7, 11) is -3.67. The number of nitrogens with one attached hydrogen (secondary N) is 2. The Morgan fingerprint density at radius 2 is 1.85 bits per heavy atom. The van der Waals surface area contributed by atoms with Crippen molar-refractivity contribution in [2.45, 2.75) is 31.6 Å². The predicted molar refractivity (Wildman–Crippen MR) is 106 cm³/mol. The lowest BCUT2D eigenvalue weighted by molar-refractivity contribution is 0.0951. The number of nitrogens with zero attached hydrogens (tertiary/aromatic N) is 1. The second-order valence-electron chi connectivity index (χ2n) is 6.77. The number of sulfonamides is 1. The Morgan fingerprint density at radius 1 is 1.15 bits per heavy atom. The van der Waals surface area contributed by atoms with Gasteiger partial charge in [-0.05, 0) is 42.5 Å². The van der Waals surface area contributed by atoms with Gasteiger partial charge in [-0.2, -0.15) is 0 Å². The van der Waals surface area contributed by atoms with Crippen molar-refractivity contribution < 1.29 is 13.2 Å². The number of anilines is 1. The molecule has 2 rings (SSSR count). The average Bonchev–Trinajstić information content (AvgIpc) is 2.61. The molecule has 0 spiro atoms. The summed E-state index contributed by atoms with van der Waals surface area (Å²) >= 11 is 0. The first-order valence-corrected chi connectivity index (χ1v) is 10.4. The summed E-state index contributed by atoms with van der Waals surface area (Å²) < 4.78 is 22.5. The molecule has 0 radical (unpaired) electrons. The normalized spacial score (nSPS) is 11.4. The van der Waals surface area contributed by atoms with E-state index in [2.05, 4.69) is 29.5 Å². The van der Waals surface area contributed by atoms with Crippen molar-refractivity contribution in [2.24, 2.45) is 11.1 Å². The summed E-state index contributed by atoms with van der Waals surface area (Å²) in [6, 6.07) is 8.22. The van der Waals surface area contributed by atoms with Gasteiger partial charge in [0.15, 0.2) is 0 Å². The molecule has 1 amide bonds. The van der Waals surface area contributed by atoms with Gasteiger partial charge in [-0.3, -0.25) is 9.78 Å². The molecule has 2 aromatic rings. The fourth-order valence-corrected chi connectivity index (χ4v) is 2.95. The van der Waals surface area contributed by atoms with Crippen LogP contribution in [0.5, 0.6) is 0 Å². The van der Waals surface area contributed by atoms with Crippen LogP contribution in [0, 0.1) is 5.92 Å². The topological polar surface area (TPSA) is 114 Å². The van der Waals surface area contributed by atoms with Gasteiger partial charge in [0, 0.05) is 25.5 Å². The van der Waals surface area contributed by atoms with Gasteiger partial charge in [-0.1, -0.05) is 26.0 Å². The molecule has 146 valence electrons. The minimum atomic E-state index is -3.67. The molecule has 0 unspecified atom stereocenters. The van der Waals surface area contributed by atoms with Crippen LogP contribution >= 0.6 is 0 Å². The van der Waals surface area contributed by atoms with Crippen LogP contribution in [0.2, 0.25) is 0 Å². The van der Waals surface area contributed by atoms with Gasteiger partial charge >= 0.3 is 0 Å². The number of amides is 1. The van der Waals surface area contributed by atoms with Gasteiger partial charge < -0.3 is 10.6 Å². The van der Waals surface area contributed by atoms with Crippen LogP contribution in [0.25, 0.3) is 0 Å². The van der Waals surface area contributed by atoms with Gasteiger partial charge in [-0.25, -0.2) is 13.6 Å². The standard InChI is InChI=1S/C19H26N4O3S/c1-14(2)7-9-23-19(24)16-11-17(13-21-12-16)22-10-8-15-3-5-18(6-4-15)27(20,25)26/h3-6,11-14,22H,7-10H2,1-2H3,(H,23,24)(H2,20,25,26). The quantitative estimate of drug-likeness (QED) is 0.607. The average molecular weight is 391 g/mol. The van der Waals surface area contributed by atoms with E-state index in [1.165, 1.54) is 12.1 Å². The van der Waals surface area contributed by atoms with Crippen molar-refractivity contribution in [3.05, 3.63) is 53.9 Å². The largest absolute Gasteiger partial charge is 0.383 e. The highest BCUT2D eigenvalue weighted by molar-refractivity contribution is 7.89. The van der Waals surface area contributed by atoms with E-state index in [0.717, 1.165) is 17.7 Å². The summed E-state index contributed by atoms with van der Waals surface area (Å²) in [6.07, 6.45) is 4.83. The number of rotatable bonds is 9. The summed E-state index contributed by atoms with van der Waals surface area (Å²) in [5.74, 6) is 0.404. The zero-order chi connectivity index (χ0) is 19.9. The van der Waals surface area contributed by atoms with Crippen molar-refractivity contribution in [3.8, 4) is 0 Å². The predicted octanol–water partition coefficient (Wildman–Crippen LogP) is 2.16. The number of hydrogen-bond donors (Lipinski definition) is 3. The molecule has 1 aromatic carbocycles. The SMILES string of the molecule is CC(C)CCNC(=O)c1cncc(NCCc2ccc(S(N)(=O)=O)cc2)c1. The monoisotopic (exact) mass is 390 g/mol. The molecule has 7 nitrogen and oxygen atoms in total. The zero-order valence-corrected chi connectivity index (χ0v) is 16.4. The molecule has 27 heavy (non-hydrogen) atoms. The fraction of sp³-hybridized carbons (Fsp3) is 0.368. The van der Waals surface area contributed by atoms with Gasteiger partial charge in [0.2, 0.25) is 10.0 Å². The van der Waals surface area contributed by atoms with E-state index in [0.29, 0.717) is 31.0 Å². The molecule has 0 saturated carbocycles. The lowest BCUT2D eigenvalue weighted by atomic mass is 10.1. The van der Waals surface area contributed by atoms with E-state index >= 15 is 0 Å².